The van der Waals surface area contributed by atoms with Crippen LogP contribution >= 0.6 is 0 Å². The fourth-order valence-electron chi connectivity index (χ4n) is 2.83. The molecule has 3 N–H and O–H groups in total. The lowest BCUT2D eigenvalue weighted by atomic mass is 9.92. The molecule has 0 aliphatic carbocycles. The molecule has 2 aromatic carbocycles. The Balaban J connectivity index is 1.67. The van der Waals surface area contributed by atoms with Crippen LogP contribution in [0.5, 0.6) is 0 Å². The highest BCUT2D eigenvalue weighted by molar-refractivity contribution is 6.07. The van der Waals surface area contributed by atoms with E-state index in [1.54, 1.807) is 49.4 Å². The second kappa shape index (κ2) is 6.95. The number of nitrogens with one attached hydrogen (secondary N) is 3. The van der Waals surface area contributed by atoms with Gasteiger partial charge in [-0.3, -0.25) is 14.9 Å². The van der Waals surface area contributed by atoms with E-state index >= 15 is 0 Å². The molecule has 26 heavy (non-hydrogen) atoms. The highest BCUT2D eigenvalue weighted by atomic mass is 19.1. The molecule has 1 aliphatic heterocycles. The molecule has 134 valence electrons. The van der Waals surface area contributed by atoms with Crippen molar-refractivity contribution in [2.24, 2.45) is 0 Å². The van der Waals surface area contributed by atoms with E-state index in [4.69, 9.17) is 0 Å². The highest BCUT2D eigenvalue weighted by Crippen LogP contribution is 2.26. The van der Waals surface area contributed by atoms with Crippen molar-refractivity contribution in [2.45, 2.75) is 25.3 Å². The van der Waals surface area contributed by atoms with Gasteiger partial charge in [0.25, 0.3) is 5.91 Å². The molecule has 1 atom stereocenters. The molecular weight excluding hydrogens is 337 g/mol. The number of carbonyl (C=O) groups excluding carboxylic acids is 3. The van der Waals surface area contributed by atoms with Gasteiger partial charge in [-0.2, -0.15) is 0 Å². The van der Waals surface area contributed by atoms with Gasteiger partial charge in [0.15, 0.2) is 0 Å². The van der Waals surface area contributed by atoms with Crippen molar-refractivity contribution in [2.75, 3.05) is 5.32 Å². The average molecular weight is 355 g/mol. The van der Waals surface area contributed by atoms with Crippen LogP contribution in [0.15, 0.2) is 48.5 Å². The summed E-state index contributed by atoms with van der Waals surface area (Å²) in [5, 5.41) is 7.51. The van der Waals surface area contributed by atoms with E-state index in [1.807, 2.05) is 0 Å². The average Bonchev–Trinajstić information content (AvgIpc) is 2.87. The van der Waals surface area contributed by atoms with Gasteiger partial charge in [-0.15, -0.1) is 0 Å². The number of benzene rings is 2. The molecule has 0 saturated carbocycles. The molecule has 1 unspecified atom stereocenters. The quantitative estimate of drug-likeness (QED) is 0.720. The Labute approximate surface area is 149 Å². The monoisotopic (exact) mass is 355 g/mol. The molecule has 0 aromatic heterocycles. The van der Waals surface area contributed by atoms with Crippen molar-refractivity contribution in [3.63, 3.8) is 0 Å². The van der Waals surface area contributed by atoms with Crippen LogP contribution in [0, 0.1) is 5.82 Å². The van der Waals surface area contributed by atoms with Gasteiger partial charge >= 0.3 is 6.03 Å². The van der Waals surface area contributed by atoms with Gasteiger partial charge < -0.3 is 10.6 Å². The summed E-state index contributed by atoms with van der Waals surface area (Å²) in [5.41, 5.74) is 0.337. The standard InChI is InChI=1S/C19H18FN3O3/c1-19(17(25)22-18(26)23-19)13-6-4-7-14(11-13)21-16(24)10-9-12-5-2-3-8-15(12)20/h2-8,11H,9-10H2,1H3,(H,21,24)(H2,22,23,25,26). The first kappa shape index (κ1) is 17.6. The Kier molecular flexibility index (Phi) is 4.71. The number of urea groups is 1. The molecule has 6 nitrogen and oxygen atoms in total. The van der Waals surface area contributed by atoms with E-state index in [-0.39, 0.29) is 24.6 Å². The van der Waals surface area contributed by atoms with Crippen LogP contribution < -0.4 is 16.0 Å². The molecule has 2 aromatic rings. The van der Waals surface area contributed by atoms with Crippen molar-refractivity contribution < 1.29 is 18.8 Å². The number of imide groups is 1. The maximum Gasteiger partial charge on any atom is 0.322 e. The third-order valence-corrected chi connectivity index (χ3v) is 4.35. The van der Waals surface area contributed by atoms with Crippen LogP contribution in [-0.2, 0) is 21.5 Å². The van der Waals surface area contributed by atoms with E-state index in [2.05, 4.69) is 16.0 Å². The molecule has 1 fully saturated rings. The second-order valence-corrected chi connectivity index (χ2v) is 6.25. The fourth-order valence-corrected chi connectivity index (χ4v) is 2.83. The van der Waals surface area contributed by atoms with Crippen molar-refractivity contribution in [1.82, 2.24) is 10.6 Å². The van der Waals surface area contributed by atoms with Crippen LogP contribution in [0.25, 0.3) is 0 Å². The van der Waals surface area contributed by atoms with E-state index in [1.165, 1.54) is 6.07 Å². The Morgan fingerprint density at radius 2 is 1.92 bits per heavy atom. The van der Waals surface area contributed by atoms with Crippen LogP contribution in [0.3, 0.4) is 0 Å². The second-order valence-electron chi connectivity index (χ2n) is 6.25. The van der Waals surface area contributed by atoms with Gasteiger partial charge in [-0.05, 0) is 42.7 Å². The zero-order valence-electron chi connectivity index (χ0n) is 14.1. The first-order valence-electron chi connectivity index (χ1n) is 8.16. The lowest BCUT2D eigenvalue weighted by Gasteiger charge is -2.21. The normalized spacial score (nSPS) is 19.0. The summed E-state index contributed by atoms with van der Waals surface area (Å²) in [4.78, 5) is 35.6. The fraction of sp³-hybridized carbons (Fsp3) is 0.211. The largest absolute Gasteiger partial charge is 0.326 e. The summed E-state index contributed by atoms with van der Waals surface area (Å²) < 4.78 is 13.6. The van der Waals surface area contributed by atoms with Gasteiger partial charge in [0, 0.05) is 12.1 Å². The summed E-state index contributed by atoms with van der Waals surface area (Å²) >= 11 is 0. The van der Waals surface area contributed by atoms with Crippen LogP contribution in [-0.4, -0.2) is 17.8 Å². The molecule has 1 saturated heterocycles. The molecule has 0 bridgehead atoms. The topological polar surface area (TPSA) is 87.3 Å². The number of aryl methyl sites for hydroxylation is 1. The molecule has 1 heterocycles. The SMILES string of the molecule is CC1(c2cccc(NC(=O)CCc3ccccc3F)c2)NC(=O)NC1=O. The summed E-state index contributed by atoms with van der Waals surface area (Å²) in [6, 6.07) is 12.5. The zero-order valence-corrected chi connectivity index (χ0v) is 14.1. The summed E-state index contributed by atoms with van der Waals surface area (Å²) in [7, 11) is 0. The van der Waals surface area contributed by atoms with Crippen molar-refractivity contribution in [1.29, 1.82) is 0 Å². The van der Waals surface area contributed by atoms with Crippen LogP contribution in [0.2, 0.25) is 0 Å². The molecule has 1 aliphatic rings. The number of halogens is 1. The van der Waals surface area contributed by atoms with Crippen molar-refractivity contribution in [3.8, 4) is 0 Å². The summed E-state index contributed by atoms with van der Waals surface area (Å²) in [6.07, 6.45) is 0.411. The number of hydrogen-bond acceptors (Lipinski definition) is 3. The van der Waals surface area contributed by atoms with Crippen LogP contribution in [0.4, 0.5) is 14.9 Å². The van der Waals surface area contributed by atoms with E-state index < -0.39 is 17.5 Å². The lowest BCUT2D eigenvalue weighted by Crippen LogP contribution is -2.40. The maximum atomic E-state index is 13.6. The smallest absolute Gasteiger partial charge is 0.322 e. The zero-order chi connectivity index (χ0) is 18.7. The van der Waals surface area contributed by atoms with E-state index in [9.17, 15) is 18.8 Å². The van der Waals surface area contributed by atoms with Crippen LogP contribution in [0.1, 0.15) is 24.5 Å². The van der Waals surface area contributed by atoms with Gasteiger partial charge in [0.1, 0.15) is 11.4 Å². The molecule has 0 spiro atoms. The molecular formula is C19H18FN3O3. The van der Waals surface area contributed by atoms with Crippen molar-refractivity contribution in [3.05, 3.63) is 65.5 Å². The maximum absolute atomic E-state index is 13.6. The van der Waals surface area contributed by atoms with E-state index in [0.717, 1.165) is 0 Å². The minimum Gasteiger partial charge on any atom is -0.326 e. The van der Waals surface area contributed by atoms with Gasteiger partial charge in [0.05, 0.1) is 0 Å². The summed E-state index contributed by atoms with van der Waals surface area (Å²) in [5.74, 6) is -1.06. The summed E-state index contributed by atoms with van der Waals surface area (Å²) in [6.45, 7) is 1.59. The predicted molar refractivity (Wildman–Crippen MR) is 93.8 cm³/mol. The first-order chi connectivity index (χ1) is 12.4. The molecule has 0 radical (unpaired) electrons. The third-order valence-electron chi connectivity index (χ3n) is 4.35. The molecule has 3 rings (SSSR count). The number of hydrogen-bond donors (Lipinski definition) is 3. The Morgan fingerprint density at radius 1 is 1.15 bits per heavy atom. The lowest BCUT2D eigenvalue weighted by molar-refractivity contribution is -0.123. The minimum atomic E-state index is -1.19. The van der Waals surface area contributed by atoms with E-state index in [0.29, 0.717) is 16.8 Å². The number of carbonyl (C=O) groups is 3. The van der Waals surface area contributed by atoms with Gasteiger partial charge in [-0.25, -0.2) is 9.18 Å². The number of rotatable bonds is 5. The third kappa shape index (κ3) is 3.56. The Hall–Kier alpha value is -3.22. The highest BCUT2D eigenvalue weighted by Gasteiger charge is 2.43. The van der Waals surface area contributed by atoms with Gasteiger partial charge in [0.2, 0.25) is 5.91 Å². The first-order valence-corrected chi connectivity index (χ1v) is 8.16. The Bertz CT molecular complexity index is 884. The predicted octanol–water partition coefficient (Wildman–Crippen LogP) is 2.45. The number of anilines is 1. The minimum absolute atomic E-state index is 0.125. The molecule has 4 amide bonds. The van der Waals surface area contributed by atoms with Crippen molar-refractivity contribution >= 4 is 23.5 Å². The molecule has 7 heteroatoms. The Morgan fingerprint density at radius 3 is 2.62 bits per heavy atom. The number of amides is 4. The van der Waals surface area contributed by atoms with Gasteiger partial charge in [-0.1, -0.05) is 30.3 Å².